The summed E-state index contributed by atoms with van der Waals surface area (Å²) < 4.78 is 9.10. The molecule has 8 heterocycles. The van der Waals surface area contributed by atoms with Gasteiger partial charge in [-0.1, -0.05) is 261 Å². The van der Waals surface area contributed by atoms with Crippen LogP contribution in [-0.2, 0) is 13.0 Å². The smallest absolute Gasteiger partial charge is 0.145 e. The van der Waals surface area contributed by atoms with Crippen LogP contribution in [0.4, 0.5) is 22.7 Å². The van der Waals surface area contributed by atoms with Gasteiger partial charge in [-0.25, -0.2) is 0 Å². The number of nitrogens with zero attached hydrogens (tertiary/aromatic N) is 8. The van der Waals surface area contributed by atoms with Gasteiger partial charge in [0.25, 0.3) is 0 Å². The van der Waals surface area contributed by atoms with Gasteiger partial charge in [0, 0.05) is 22.7 Å². The number of aromatic nitrogens is 4. The third-order valence-electron chi connectivity index (χ3n) is 19.5. The predicted molar refractivity (Wildman–Crippen MR) is 401 cm³/mol. The van der Waals surface area contributed by atoms with E-state index in [1.54, 1.807) is 0 Å². The molecule has 0 N–H and O–H groups in total. The van der Waals surface area contributed by atoms with Crippen LogP contribution in [0.5, 0.6) is 0 Å². The lowest BCUT2D eigenvalue weighted by Crippen LogP contribution is -2.37. The number of anilines is 4. The van der Waals surface area contributed by atoms with Crippen LogP contribution >= 0.6 is 0 Å². The van der Waals surface area contributed by atoms with Crippen molar-refractivity contribution in [3.05, 3.63) is 395 Å². The first-order valence-electron chi connectivity index (χ1n) is 34.7. The fourth-order valence-electron chi connectivity index (χ4n) is 15.3. The average Bonchev–Trinajstić information content (AvgIpc) is 1.62. The highest BCUT2D eigenvalue weighted by Crippen LogP contribution is 2.42. The zero-order valence-electron chi connectivity index (χ0n) is 59.0. The summed E-state index contributed by atoms with van der Waals surface area (Å²) in [4.78, 5) is 9.61. The van der Waals surface area contributed by atoms with Gasteiger partial charge in [0.05, 0.1) is 42.8 Å². The number of pyridine rings is 4. The van der Waals surface area contributed by atoms with E-state index >= 15 is 0 Å². The lowest BCUT2D eigenvalue weighted by atomic mass is 9.99. The Morgan fingerprint density at radius 3 is 1.40 bits per heavy atom. The number of fused-ring (bicyclic) bond motifs is 4. The van der Waals surface area contributed by atoms with Crippen LogP contribution in [0.25, 0.3) is 11.3 Å². The zero-order valence-corrected chi connectivity index (χ0v) is 59.0. The Bertz CT molecular complexity index is 4690. The van der Waals surface area contributed by atoms with Gasteiger partial charge >= 0.3 is 0 Å². The minimum Gasteiger partial charge on any atom is -0.348 e. The fourth-order valence-corrected chi connectivity index (χ4v) is 15.3. The van der Waals surface area contributed by atoms with E-state index in [2.05, 4.69) is 415 Å². The van der Waals surface area contributed by atoms with Gasteiger partial charge in [-0.2, -0.15) is 0 Å². The molecule has 0 aliphatic carbocycles. The monoisotopic (exact) mass is 1280 g/mol. The SMILES string of the molecule is CC(C)c1ccc(N2[CH-][n+]3c(-c4ccccc4)cccc3C2c2ccccc2)cc1.Cc1cc(C)c(N2[CH-][n+]3c(C)cccc3C2)c(C)c1.Cc1cc(C)c(N2[CH-][n+]3ccccc3C2Cc2ccccc2)c(C)c1.Cc1cc(C)c(N2[CH-][n+]3ccccc3C2c2ccccc2)c(C)c1. The van der Waals surface area contributed by atoms with Gasteiger partial charge in [-0.3, -0.25) is 0 Å². The van der Waals surface area contributed by atoms with Crippen LogP contribution in [0.1, 0.15) is 139 Å². The van der Waals surface area contributed by atoms with E-state index in [0.717, 1.165) is 13.0 Å². The van der Waals surface area contributed by atoms with Crippen molar-refractivity contribution in [2.45, 2.75) is 120 Å². The summed E-state index contributed by atoms with van der Waals surface area (Å²) in [5.41, 5.74) is 31.4. The van der Waals surface area contributed by atoms with Gasteiger partial charge in [0.15, 0.2) is 0 Å². The van der Waals surface area contributed by atoms with Gasteiger partial charge in [0.1, 0.15) is 55.1 Å². The van der Waals surface area contributed by atoms with E-state index in [1.807, 2.05) is 0 Å². The average molecular weight is 1290 g/mol. The molecule has 3 atom stereocenters. The van der Waals surface area contributed by atoms with E-state index in [-0.39, 0.29) is 12.1 Å². The summed E-state index contributed by atoms with van der Waals surface area (Å²) in [6.07, 6.45) is 5.27. The Balaban J connectivity index is 0.000000119. The van der Waals surface area contributed by atoms with Crippen LogP contribution in [0, 0.1) is 95.9 Å². The van der Waals surface area contributed by atoms with Crippen LogP contribution in [0.3, 0.4) is 0 Å². The van der Waals surface area contributed by atoms with Crippen molar-refractivity contribution in [1.29, 1.82) is 0 Å². The van der Waals surface area contributed by atoms with Gasteiger partial charge in [0.2, 0.25) is 0 Å². The molecular weight excluding hydrogens is 1190 g/mol. The second kappa shape index (κ2) is 28.8. The molecule has 0 fully saturated rings. The first-order valence-corrected chi connectivity index (χ1v) is 34.7. The third kappa shape index (κ3) is 13.7. The highest BCUT2D eigenvalue weighted by molar-refractivity contribution is 5.66. The molecule has 0 bridgehead atoms. The van der Waals surface area contributed by atoms with Gasteiger partial charge < -0.3 is 37.9 Å². The maximum Gasteiger partial charge on any atom is 0.145 e. The van der Waals surface area contributed by atoms with Crippen molar-refractivity contribution >= 4 is 22.7 Å². The van der Waals surface area contributed by atoms with Crippen molar-refractivity contribution in [2.24, 2.45) is 0 Å². The van der Waals surface area contributed by atoms with Crippen LogP contribution in [0.2, 0.25) is 0 Å². The molecule has 0 amide bonds. The molecule has 12 aromatic rings. The molecule has 8 heteroatoms. The standard InChI is InChI=1S/C28H26N2.C23H24N2.C22H22N2.C17H20N2/c1-21(2)22-16-18-25(19-17-22)29-20-30-26(23-10-5-3-6-11-23)14-9-15-27(30)28(29)24-12-7-4-8-13-24;1-17-13-18(2)23(19(3)14-17)25-16-24-12-8-7-11-21(24)22(25)15-20-9-5-4-6-10-20;1-16-13-17(2)21(18(3)14-16)24-15-23-12-8-7-11-20(23)22(24)19-9-5-4-6-10-19;1-12-8-13(2)17(14(3)9-12)18-10-16-7-5-6-15(4)19(16)11-18/h3-21,28H,1-2H3;4-14,16,22H,15H2,1-3H3;4-15,22H,1-3H3;5-9,11H,10H2,1-4H3. The van der Waals surface area contributed by atoms with Crippen molar-refractivity contribution < 1.29 is 18.3 Å². The first-order chi connectivity index (χ1) is 47.6. The molecule has 16 rings (SSSR count). The number of benzene rings is 8. The largest absolute Gasteiger partial charge is 0.348 e. The molecule has 0 saturated heterocycles. The molecule has 3 unspecified atom stereocenters. The van der Waals surface area contributed by atoms with Crippen LogP contribution < -0.4 is 37.9 Å². The van der Waals surface area contributed by atoms with E-state index in [4.69, 9.17) is 0 Å². The predicted octanol–water partition coefficient (Wildman–Crippen LogP) is 18.7. The lowest BCUT2D eigenvalue weighted by Gasteiger charge is -2.29. The molecule has 4 aliphatic heterocycles. The number of aryl methyl sites for hydroxylation is 10. The van der Waals surface area contributed by atoms with Crippen LogP contribution in [-0.4, -0.2) is 0 Å². The summed E-state index contributed by atoms with van der Waals surface area (Å²) in [6.45, 7) is 36.2. The van der Waals surface area contributed by atoms with Crippen molar-refractivity contribution in [1.82, 2.24) is 0 Å². The van der Waals surface area contributed by atoms with Gasteiger partial charge in [-0.15, -0.1) is 0 Å². The lowest BCUT2D eigenvalue weighted by molar-refractivity contribution is -0.636. The molecular formula is C90H92N8. The fraction of sp³-hybridized carbons (Fsp3) is 0.200. The highest BCUT2D eigenvalue weighted by Gasteiger charge is 2.37. The first kappa shape index (κ1) is 65.7. The topological polar surface area (TPSA) is 28.5 Å². The molecule has 8 nitrogen and oxygen atoms in total. The Labute approximate surface area is 583 Å². The Hall–Kier alpha value is -11.0. The number of hydrogen-bond donors (Lipinski definition) is 0. The summed E-state index contributed by atoms with van der Waals surface area (Å²) in [5.74, 6) is 0.530. The summed E-state index contributed by atoms with van der Waals surface area (Å²) in [7, 11) is 0. The highest BCUT2D eigenvalue weighted by atomic mass is 15.4. The Kier molecular flexibility index (Phi) is 19.3. The molecule has 8 aromatic carbocycles. The minimum atomic E-state index is 0.139. The van der Waals surface area contributed by atoms with E-state index in [1.165, 1.54) is 135 Å². The third-order valence-corrected chi connectivity index (χ3v) is 19.5. The number of hydrogen-bond acceptors (Lipinski definition) is 4. The minimum absolute atomic E-state index is 0.139. The van der Waals surface area contributed by atoms with Crippen molar-refractivity contribution in [3.8, 4) is 11.3 Å². The Morgan fingerprint density at radius 2 is 0.847 bits per heavy atom. The van der Waals surface area contributed by atoms with Crippen LogP contribution in [0.15, 0.2) is 267 Å². The summed E-state index contributed by atoms with van der Waals surface area (Å²) in [6, 6.07) is 92.1. The van der Waals surface area contributed by atoms with E-state index < -0.39 is 0 Å². The molecule has 492 valence electrons. The molecule has 4 aliphatic rings. The maximum absolute atomic E-state index is 2.45. The van der Waals surface area contributed by atoms with E-state index in [0.29, 0.717) is 12.0 Å². The summed E-state index contributed by atoms with van der Waals surface area (Å²) >= 11 is 0. The normalized spacial score (nSPS) is 15.2. The summed E-state index contributed by atoms with van der Waals surface area (Å²) in [5, 5.41) is 0. The van der Waals surface area contributed by atoms with Gasteiger partial charge in [-0.05, 0) is 167 Å². The maximum atomic E-state index is 2.45. The molecule has 0 saturated carbocycles. The van der Waals surface area contributed by atoms with Crippen molar-refractivity contribution in [3.63, 3.8) is 0 Å². The quantitative estimate of drug-likeness (QED) is 0.101. The second-order valence-electron chi connectivity index (χ2n) is 27.3. The zero-order chi connectivity index (χ0) is 68.1. The molecule has 0 radical (unpaired) electrons. The van der Waals surface area contributed by atoms with Crippen molar-refractivity contribution in [2.75, 3.05) is 19.6 Å². The molecule has 4 aromatic heterocycles. The molecule has 98 heavy (non-hydrogen) atoms. The second-order valence-corrected chi connectivity index (χ2v) is 27.3. The molecule has 0 spiro atoms. The van der Waals surface area contributed by atoms with E-state index in [9.17, 15) is 0 Å². The number of rotatable bonds is 10. The Morgan fingerprint density at radius 1 is 0.388 bits per heavy atom.